The molecule has 3 N–H and O–H groups in total. The summed E-state index contributed by atoms with van der Waals surface area (Å²) in [5, 5.41) is 5.43. The third kappa shape index (κ3) is 4.85. The molecule has 33 heavy (non-hydrogen) atoms. The van der Waals surface area contributed by atoms with Crippen LogP contribution in [0.3, 0.4) is 0 Å². The predicted octanol–water partition coefficient (Wildman–Crippen LogP) is 2.62. The number of para-hydroxylation sites is 1. The second-order valence-electron chi connectivity index (χ2n) is 7.05. The molecule has 0 aromatic heterocycles. The Kier molecular flexibility index (Phi) is 6.09. The summed E-state index contributed by atoms with van der Waals surface area (Å²) in [6, 6.07) is 19.8. The molecule has 168 valence electrons. The molecular formula is C23H20N4O5S. The van der Waals surface area contributed by atoms with E-state index in [0.717, 1.165) is 0 Å². The third-order valence-electron chi connectivity index (χ3n) is 4.82. The Labute approximate surface area is 190 Å². The number of sulfonamides is 1. The lowest BCUT2D eigenvalue weighted by Gasteiger charge is -2.11. The molecule has 0 fully saturated rings. The molecule has 1 aliphatic rings. The minimum Gasteiger partial charge on any atom is -0.497 e. The summed E-state index contributed by atoms with van der Waals surface area (Å²) in [6.45, 7) is -0.335. The number of hydrogen-bond donors (Lipinski definition) is 3. The van der Waals surface area contributed by atoms with E-state index in [1.807, 2.05) is 0 Å². The number of carbonyl (C=O) groups excluding carboxylic acids is 2. The van der Waals surface area contributed by atoms with Gasteiger partial charge in [-0.2, -0.15) is 0 Å². The molecule has 0 bridgehead atoms. The molecule has 1 aliphatic heterocycles. The van der Waals surface area contributed by atoms with E-state index in [1.54, 1.807) is 66.7 Å². The van der Waals surface area contributed by atoms with Gasteiger partial charge in [0.2, 0.25) is 5.91 Å². The van der Waals surface area contributed by atoms with E-state index in [2.05, 4.69) is 20.3 Å². The smallest absolute Gasteiger partial charge is 0.263 e. The van der Waals surface area contributed by atoms with Crippen LogP contribution in [-0.4, -0.2) is 39.7 Å². The second-order valence-corrected chi connectivity index (χ2v) is 8.70. The molecule has 0 radical (unpaired) electrons. The highest BCUT2D eigenvalue weighted by atomic mass is 32.2. The average molecular weight is 465 g/mol. The molecule has 2 amide bonds. The zero-order chi connectivity index (χ0) is 23.4. The molecule has 0 spiro atoms. The number of aliphatic imine (C=N–C) groups is 1. The minimum atomic E-state index is -3.69. The minimum absolute atomic E-state index is 0.102. The Morgan fingerprint density at radius 1 is 0.970 bits per heavy atom. The molecule has 10 heteroatoms. The molecule has 0 saturated heterocycles. The second kappa shape index (κ2) is 9.13. The Morgan fingerprint density at radius 3 is 2.55 bits per heavy atom. The number of fused-ring (bicyclic) bond motifs is 1. The Hall–Kier alpha value is -4.18. The van der Waals surface area contributed by atoms with Crippen molar-refractivity contribution in [3.05, 3.63) is 83.9 Å². The maximum atomic E-state index is 12.8. The van der Waals surface area contributed by atoms with Gasteiger partial charge in [-0.15, -0.1) is 0 Å². The molecule has 0 unspecified atom stereocenters. The molecule has 0 atom stereocenters. The number of hydrogen-bond acceptors (Lipinski definition) is 6. The number of methoxy groups -OCH3 is 1. The fourth-order valence-corrected chi connectivity index (χ4v) is 4.53. The van der Waals surface area contributed by atoms with Crippen molar-refractivity contribution in [2.45, 2.75) is 4.90 Å². The summed E-state index contributed by atoms with van der Waals surface area (Å²) in [7, 11) is -2.16. The van der Waals surface area contributed by atoms with Crippen LogP contribution < -0.4 is 20.1 Å². The number of nitrogens with zero attached hydrogens (tertiary/aromatic N) is 1. The fourth-order valence-electron chi connectivity index (χ4n) is 3.28. The molecular weight excluding hydrogens is 444 g/mol. The fraction of sp³-hybridized carbons (Fsp3) is 0.0870. The van der Waals surface area contributed by atoms with Crippen LogP contribution in [0.5, 0.6) is 5.75 Å². The number of rotatable bonds is 6. The van der Waals surface area contributed by atoms with Gasteiger partial charge in [-0.3, -0.25) is 19.3 Å². The summed E-state index contributed by atoms with van der Waals surface area (Å²) >= 11 is 0. The van der Waals surface area contributed by atoms with Gasteiger partial charge in [0.25, 0.3) is 15.9 Å². The highest BCUT2D eigenvalue weighted by Crippen LogP contribution is 2.23. The Balaban J connectivity index is 1.47. The van der Waals surface area contributed by atoms with Crippen LogP contribution in [0, 0.1) is 0 Å². The highest BCUT2D eigenvalue weighted by molar-refractivity contribution is 7.90. The number of benzene rings is 3. The van der Waals surface area contributed by atoms with Gasteiger partial charge >= 0.3 is 0 Å². The zero-order valence-corrected chi connectivity index (χ0v) is 18.3. The van der Waals surface area contributed by atoms with Gasteiger partial charge in [0.1, 0.15) is 18.1 Å². The van der Waals surface area contributed by atoms with Crippen molar-refractivity contribution in [3.63, 3.8) is 0 Å². The van der Waals surface area contributed by atoms with Crippen LogP contribution in [-0.2, 0) is 14.8 Å². The number of amidine groups is 1. The van der Waals surface area contributed by atoms with Crippen molar-refractivity contribution < 1.29 is 22.7 Å². The summed E-state index contributed by atoms with van der Waals surface area (Å²) in [5.74, 6) is -0.224. The van der Waals surface area contributed by atoms with E-state index in [9.17, 15) is 18.0 Å². The van der Waals surface area contributed by atoms with E-state index < -0.39 is 21.8 Å². The van der Waals surface area contributed by atoms with Crippen molar-refractivity contribution in [1.29, 1.82) is 0 Å². The first-order valence-electron chi connectivity index (χ1n) is 9.88. The summed E-state index contributed by atoms with van der Waals surface area (Å²) < 4.78 is 31.8. The van der Waals surface area contributed by atoms with Gasteiger partial charge in [-0.05, 0) is 36.4 Å². The quantitative estimate of drug-likeness (QED) is 0.517. The van der Waals surface area contributed by atoms with E-state index in [0.29, 0.717) is 22.7 Å². The van der Waals surface area contributed by atoms with Crippen LogP contribution in [0.25, 0.3) is 0 Å². The van der Waals surface area contributed by atoms with E-state index in [4.69, 9.17) is 4.74 Å². The Morgan fingerprint density at radius 2 is 1.73 bits per heavy atom. The maximum absolute atomic E-state index is 12.8. The number of carbonyl (C=O) groups is 2. The van der Waals surface area contributed by atoms with Gasteiger partial charge < -0.3 is 15.4 Å². The summed E-state index contributed by atoms with van der Waals surface area (Å²) in [4.78, 5) is 29.5. The molecule has 1 heterocycles. The van der Waals surface area contributed by atoms with Gasteiger partial charge in [0.15, 0.2) is 0 Å². The predicted molar refractivity (Wildman–Crippen MR) is 124 cm³/mol. The SMILES string of the molecule is COc1cccc(NC(=O)c2ccccc2NC(=O)CN=C2NS(=O)(=O)c3ccccc32)c1. The van der Waals surface area contributed by atoms with Gasteiger partial charge in [-0.1, -0.05) is 30.3 Å². The lowest BCUT2D eigenvalue weighted by molar-refractivity contribution is -0.114. The van der Waals surface area contributed by atoms with Crippen LogP contribution in [0.15, 0.2) is 82.7 Å². The lowest BCUT2D eigenvalue weighted by atomic mass is 10.1. The van der Waals surface area contributed by atoms with Crippen LogP contribution in [0.1, 0.15) is 15.9 Å². The zero-order valence-electron chi connectivity index (χ0n) is 17.5. The molecule has 3 aromatic rings. The maximum Gasteiger partial charge on any atom is 0.263 e. The van der Waals surface area contributed by atoms with Crippen LogP contribution in [0.2, 0.25) is 0 Å². The highest BCUT2D eigenvalue weighted by Gasteiger charge is 2.30. The Bertz CT molecular complexity index is 1370. The van der Waals surface area contributed by atoms with Crippen molar-refractivity contribution >= 4 is 39.0 Å². The average Bonchev–Trinajstić information content (AvgIpc) is 3.08. The van der Waals surface area contributed by atoms with Crippen molar-refractivity contribution in [2.24, 2.45) is 4.99 Å². The normalized spacial score (nSPS) is 14.8. The van der Waals surface area contributed by atoms with Crippen molar-refractivity contribution in [3.8, 4) is 5.75 Å². The van der Waals surface area contributed by atoms with Gasteiger partial charge in [0.05, 0.1) is 23.3 Å². The van der Waals surface area contributed by atoms with Crippen molar-refractivity contribution in [2.75, 3.05) is 24.3 Å². The third-order valence-corrected chi connectivity index (χ3v) is 6.21. The van der Waals surface area contributed by atoms with Gasteiger partial charge in [-0.25, -0.2) is 8.42 Å². The first kappa shape index (κ1) is 22.0. The lowest BCUT2D eigenvalue weighted by Crippen LogP contribution is -2.25. The van der Waals surface area contributed by atoms with Crippen LogP contribution >= 0.6 is 0 Å². The summed E-state index contributed by atoms with van der Waals surface area (Å²) in [6.07, 6.45) is 0. The topological polar surface area (TPSA) is 126 Å². The molecule has 0 aliphatic carbocycles. The van der Waals surface area contributed by atoms with Crippen LogP contribution in [0.4, 0.5) is 11.4 Å². The number of ether oxygens (including phenoxy) is 1. The number of nitrogens with one attached hydrogen (secondary N) is 3. The molecule has 4 rings (SSSR count). The van der Waals surface area contributed by atoms with E-state index in [-0.39, 0.29) is 22.8 Å². The van der Waals surface area contributed by atoms with Crippen molar-refractivity contribution in [1.82, 2.24) is 4.72 Å². The number of amides is 2. The first-order chi connectivity index (χ1) is 15.9. The molecule has 0 saturated carbocycles. The van der Waals surface area contributed by atoms with E-state index in [1.165, 1.54) is 13.2 Å². The van der Waals surface area contributed by atoms with E-state index >= 15 is 0 Å². The van der Waals surface area contributed by atoms with Gasteiger partial charge in [0, 0.05) is 17.3 Å². The molecule has 9 nitrogen and oxygen atoms in total. The largest absolute Gasteiger partial charge is 0.497 e. The molecule has 3 aromatic carbocycles. The standard InChI is InChI=1S/C23H20N4O5S/c1-32-16-8-6-7-15(13-16)25-23(29)17-9-2-4-11-19(17)26-21(28)14-24-22-18-10-3-5-12-20(18)33(30,31)27-22/h2-13H,14H2,1H3,(H,24,27)(H,25,29)(H,26,28). The monoisotopic (exact) mass is 464 g/mol. The number of anilines is 2. The first-order valence-corrected chi connectivity index (χ1v) is 11.4. The summed E-state index contributed by atoms with van der Waals surface area (Å²) in [5.41, 5.74) is 1.51.